The minimum absolute atomic E-state index is 0.0265. The van der Waals surface area contributed by atoms with Crippen LogP contribution < -0.4 is 0 Å². The number of H-pyrrole nitrogens is 1. The summed E-state index contributed by atoms with van der Waals surface area (Å²) in [6.07, 6.45) is 5.07. The van der Waals surface area contributed by atoms with Crippen LogP contribution in [0.25, 0.3) is 0 Å². The number of ether oxygens (including phenoxy) is 2. The molecule has 0 spiro atoms. The van der Waals surface area contributed by atoms with E-state index in [9.17, 15) is 9.59 Å². The molecule has 2 fully saturated rings. The van der Waals surface area contributed by atoms with Crippen molar-refractivity contribution >= 4 is 11.8 Å². The molecule has 2 saturated heterocycles. The fourth-order valence-electron chi connectivity index (χ4n) is 4.26. The predicted octanol–water partition coefficient (Wildman–Crippen LogP) is 2.22. The van der Waals surface area contributed by atoms with Gasteiger partial charge in [-0.25, -0.2) is 0 Å². The van der Waals surface area contributed by atoms with Crippen molar-refractivity contribution < 1.29 is 19.1 Å². The highest BCUT2D eigenvalue weighted by Gasteiger charge is 2.33. The molecule has 0 bridgehead atoms. The molecule has 2 aliphatic rings. The molecule has 0 aromatic carbocycles. The summed E-state index contributed by atoms with van der Waals surface area (Å²) in [7, 11) is 0. The zero-order valence-electron chi connectivity index (χ0n) is 19.4. The smallest absolute Gasteiger partial charge is 0.274 e. The van der Waals surface area contributed by atoms with Gasteiger partial charge in [-0.15, -0.1) is 0 Å². The molecule has 9 heteroatoms. The Morgan fingerprint density at radius 1 is 1.30 bits per heavy atom. The van der Waals surface area contributed by atoms with E-state index >= 15 is 0 Å². The highest BCUT2D eigenvalue weighted by molar-refractivity contribution is 5.95. The summed E-state index contributed by atoms with van der Waals surface area (Å²) < 4.78 is 11.7. The Morgan fingerprint density at radius 3 is 2.82 bits per heavy atom. The van der Waals surface area contributed by atoms with Crippen LogP contribution in [-0.4, -0.2) is 82.3 Å². The Hall–Kier alpha value is -2.78. The van der Waals surface area contributed by atoms with E-state index in [1.54, 1.807) is 23.4 Å². The third-order valence-corrected chi connectivity index (χ3v) is 6.28. The fourth-order valence-corrected chi connectivity index (χ4v) is 4.26. The maximum atomic E-state index is 13.2. The van der Waals surface area contributed by atoms with E-state index < -0.39 is 0 Å². The molecule has 2 amide bonds. The lowest BCUT2D eigenvalue weighted by Crippen LogP contribution is -2.42. The summed E-state index contributed by atoms with van der Waals surface area (Å²) in [4.78, 5) is 34.0. The van der Waals surface area contributed by atoms with Crippen LogP contribution in [-0.2, 0) is 20.9 Å². The Balaban J connectivity index is 1.49. The molecule has 0 radical (unpaired) electrons. The van der Waals surface area contributed by atoms with Gasteiger partial charge in [0.25, 0.3) is 5.91 Å². The number of hydrogen-bond acceptors (Lipinski definition) is 6. The van der Waals surface area contributed by atoms with Crippen LogP contribution in [0.5, 0.6) is 0 Å². The number of carbonyl (C=O) groups is 2. The SMILES string of the molecule is CC(C)c1cc(C(=O)N2CC(=O)N(CC3CCOCC3)C[C@@H](OCc3cccnc3)C2)n[nH]1. The number of carbonyl (C=O) groups excluding carboxylic acids is 2. The van der Waals surface area contributed by atoms with Crippen LogP contribution in [0.3, 0.4) is 0 Å². The van der Waals surface area contributed by atoms with E-state index in [0.29, 0.717) is 37.9 Å². The average molecular weight is 456 g/mol. The monoisotopic (exact) mass is 455 g/mol. The minimum atomic E-state index is -0.302. The number of rotatable bonds is 7. The van der Waals surface area contributed by atoms with Crippen molar-refractivity contribution in [3.63, 3.8) is 0 Å². The first-order valence-corrected chi connectivity index (χ1v) is 11.7. The number of aromatic amines is 1. The first-order chi connectivity index (χ1) is 16.0. The summed E-state index contributed by atoms with van der Waals surface area (Å²) in [5.74, 6) is 0.329. The van der Waals surface area contributed by atoms with Crippen molar-refractivity contribution in [3.05, 3.63) is 47.5 Å². The van der Waals surface area contributed by atoms with Gasteiger partial charge in [0.2, 0.25) is 5.91 Å². The van der Waals surface area contributed by atoms with E-state index in [4.69, 9.17) is 9.47 Å². The predicted molar refractivity (Wildman–Crippen MR) is 122 cm³/mol. The standard InChI is InChI=1S/C24H33N5O4/c1-17(2)21-10-22(27-26-21)24(31)29-14-20(33-16-19-4-3-7-25-11-19)13-28(23(30)15-29)12-18-5-8-32-9-6-18/h3-4,7,10-11,17-18,20H,5-6,8-9,12-16H2,1-2H3,(H,26,27)/t20-/m1/s1. The molecule has 0 saturated carbocycles. The second kappa shape index (κ2) is 10.9. The zero-order chi connectivity index (χ0) is 23.2. The lowest BCUT2D eigenvalue weighted by molar-refractivity contribution is -0.132. The van der Waals surface area contributed by atoms with Crippen molar-refractivity contribution in [3.8, 4) is 0 Å². The lowest BCUT2D eigenvalue weighted by atomic mass is 9.99. The Bertz CT molecular complexity index is 926. The maximum Gasteiger partial charge on any atom is 0.274 e. The number of nitrogens with zero attached hydrogens (tertiary/aromatic N) is 4. The summed E-state index contributed by atoms with van der Waals surface area (Å²) in [6, 6.07) is 5.59. The van der Waals surface area contributed by atoms with Crippen molar-refractivity contribution in [1.82, 2.24) is 25.0 Å². The van der Waals surface area contributed by atoms with Gasteiger partial charge in [0, 0.05) is 50.9 Å². The van der Waals surface area contributed by atoms with Gasteiger partial charge in [-0.2, -0.15) is 5.10 Å². The van der Waals surface area contributed by atoms with Crippen molar-refractivity contribution in [2.45, 2.75) is 45.3 Å². The van der Waals surface area contributed by atoms with Crippen LogP contribution in [0.4, 0.5) is 0 Å². The van der Waals surface area contributed by atoms with E-state index in [1.165, 1.54) is 0 Å². The normalized spacial score (nSPS) is 20.3. The van der Waals surface area contributed by atoms with E-state index in [-0.39, 0.29) is 30.4 Å². The highest BCUT2D eigenvalue weighted by atomic mass is 16.5. The Labute approximate surface area is 194 Å². The van der Waals surface area contributed by atoms with Gasteiger partial charge in [-0.1, -0.05) is 19.9 Å². The van der Waals surface area contributed by atoms with Gasteiger partial charge in [-0.05, 0) is 42.4 Å². The Kier molecular flexibility index (Phi) is 7.72. The quantitative estimate of drug-likeness (QED) is 0.687. The van der Waals surface area contributed by atoms with Gasteiger partial charge < -0.3 is 19.3 Å². The summed E-state index contributed by atoms with van der Waals surface area (Å²) in [6.45, 7) is 7.39. The minimum Gasteiger partial charge on any atom is -0.381 e. The van der Waals surface area contributed by atoms with Crippen molar-refractivity contribution in [2.24, 2.45) is 5.92 Å². The van der Waals surface area contributed by atoms with Gasteiger partial charge in [0.05, 0.1) is 12.7 Å². The number of hydrogen-bond donors (Lipinski definition) is 1. The average Bonchev–Trinajstić information content (AvgIpc) is 3.27. The molecular formula is C24H33N5O4. The molecule has 1 atom stereocenters. The van der Waals surface area contributed by atoms with E-state index in [2.05, 4.69) is 15.2 Å². The van der Waals surface area contributed by atoms with Crippen LogP contribution in [0.15, 0.2) is 30.6 Å². The van der Waals surface area contributed by atoms with Gasteiger partial charge >= 0.3 is 0 Å². The molecule has 0 aliphatic carbocycles. The number of aromatic nitrogens is 3. The fraction of sp³-hybridized carbons (Fsp3) is 0.583. The summed E-state index contributed by atoms with van der Waals surface area (Å²) in [5, 5.41) is 7.13. The number of amides is 2. The van der Waals surface area contributed by atoms with Crippen LogP contribution in [0, 0.1) is 5.92 Å². The molecule has 2 aromatic heterocycles. The van der Waals surface area contributed by atoms with Crippen molar-refractivity contribution in [2.75, 3.05) is 39.4 Å². The summed E-state index contributed by atoms with van der Waals surface area (Å²) in [5.41, 5.74) is 2.18. The second-order valence-corrected chi connectivity index (χ2v) is 9.20. The molecule has 9 nitrogen and oxygen atoms in total. The van der Waals surface area contributed by atoms with Crippen LogP contribution in [0.2, 0.25) is 0 Å². The van der Waals surface area contributed by atoms with Crippen molar-refractivity contribution in [1.29, 1.82) is 0 Å². The molecule has 178 valence electrons. The number of nitrogens with one attached hydrogen (secondary N) is 1. The lowest BCUT2D eigenvalue weighted by Gasteiger charge is -2.30. The second-order valence-electron chi connectivity index (χ2n) is 9.20. The molecule has 1 N–H and O–H groups in total. The molecule has 33 heavy (non-hydrogen) atoms. The molecule has 2 aliphatic heterocycles. The van der Waals surface area contributed by atoms with Gasteiger partial charge in [0.15, 0.2) is 0 Å². The van der Waals surface area contributed by atoms with E-state index in [1.807, 2.05) is 30.9 Å². The molecule has 0 unspecified atom stereocenters. The summed E-state index contributed by atoms with van der Waals surface area (Å²) >= 11 is 0. The molecular weight excluding hydrogens is 422 g/mol. The van der Waals surface area contributed by atoms with E-state index in [0.717, 1.165) is 37.3 Å². The maximum absolute atomic E-state index is 13.2. The highest BCUT2D eigenvalue weighted by Crippen LogP contribution is 2.20. The Morgan fingerprint density at radius 2 is 2.12 bits per heavy atom. The van der Waals surface area contributed by atoms with Gasteiger partial charge in [0.1, 0.15) is 12.2 Å². The molecule has 4 heterocycles. The largest absolute Gasteiger partial charge is 0.381 e. The van der Waals surface area contributed by atoms with Crippen LogP contribution >= 0.6 is 0 Å². The van der Waals surface area contributed by atoms with Gasteiger partial charge in [-0.3, -0.25) is 19.7 Å². The third-order valence-electron chi connectivity index (χ3n) is 6.28. The first kappa shape index (κ1) is 23.4. The third kappa shape index (κ3) is 6.17. The first-order valence-electron chi connectivity index (χ1n) is 11.7. The molecule has 4 rings (SSSR count). The molecule has 2 aromatic rings. The topological polar surface area (TPSA) is 101 Å². The number of pyridine rings is 1. The van der Waals surface area contributed by atoms with Crippen LogP contribution in [0.1, 0.15) is 54.4 Å². The zero-order valence-corrected chi connectivity index (χ0v) is 19.4.